The standard InChI is InChI=1S/C17H17ClN6O.HI/c1-25-15-6-5-13(8-14(15)18)23-17(19)20-9-11-3-2-4-12(7-11)16-21-10-22-24-16;/h2-8,10H,9H2,1H3,(H3,19,20,23)(H,21,22,24);1H. The summed E-state index contributed by atoms with van der Waals surface area (Å²) >= 11 is 6.09. The topological polar surface area (TPSA) is 101 Å². The van der Waals surface area contributed by atoms with Gasteiger partial charge in [0.05, 0.1) is 18.7 Å². The fourth-order valence-electron chi connectivity index (χ4n) is 2.27. The highest BCUT2D eigenvalue weighted by Crippen LogP contribution is 2.27. The second kappa shape index (κ2) is 9.39. The maximum atomic E-state index is 6.09. The highest BCUT2D eigenvalue weighted by Gasteiger charge is 2.04. The first-order valence-electron chi connectivity index (χ1n) is 7.51. The molecule has 136 valence electrons. The molecular weight excluding hydrogens is 467 g/mol. The monoisotopic (exact) mass is 484 g/mol. The highest BCUT2D eigenvalue weighted by molar-refractivity contribution is 14.0. The molecule has 0 spiro atoms. The zero-order valence-corrected chi connectivity index (χ0v) is 17.0. The number of nitrogens with one attached hydrogen (secondary N) is 2. The minimum Gasteiger partial charge on any atom is -0.495 e. The summed E-state index contributed by atoms with van der Waals surface area (Å²) in [4.78, 5) is 8.49. The number of methoxy groups -OCH3 is 1. The quantitative estimate of drug-likeness (QED) is 0.291. The number of aromatic nitrogens is 3. The van der Waals surface area contributed by atoms with E-state index < -0.39 is 0 Å². The Morgan fingerprint density at radius 2 is 2.15 bits per heavy atom. The van der Waals surface area contributed by atoms with Crippen molar-refractivity contribution < 1.29 is 4.74 Å². The van der Waals surface area contributed by atoms with E-state index in [1.807, 2.05) is 30.3 Å². The van der Waals surface area contributed by atoms with Crippen molar-refractivity contribution in [2.45, 2.75) is 6.54 Å². The summed E-state index contributed by atoms with van der Waals surface area (Å²) < 4.78 is 5.12. The third-order valence-corrected chi connectivity index (χ3v) is 3.77. The van der Waals surface area contributed by atoms with E-state index in [1.165, 1.54) is 6.33 Å². The Kier molecular flexibility index (Phi) is 7.22. The molecule has 7 nitrogen and oxygen atoms in total. The summed E-state index contributed by atoms with van der Waals surface area (Å²) in [6.07, 6.45) is 1.47. The Morgan fingerprint density at radius 3 is 2.85 bits per heavy atom. The van der Waals surface area contributed by atoms with Gasteiger partial charge in [-0.15, -0.1) is 24.0 Å². The molecule has 0 saturated carbocycles. The number of hydrogen-bond acceptors (Lipinski definition) is 4. The molecule has 0 aliphatic heterocycles. The second-order valence-electron chi connectivity index (χ2n) is 5.21. The average molecular weight is 485 g/mol. The predicted octanol–water partition coefficient (Wildman–Crippen LogP) is 3.68. The van der Waals surface area contributed by atoms with E-state index in [1.54, 1.807) is 19.2 Å². The number of hydrogen-bond donors (Lipinski definition) is 3. The van der Waals surface area contributed by atoms with E-state index in [4.69, 9.17) is 22.1 Å². The lowest BCUT2D eigenvalue weighted by molar-refractivity contribution is 0.415. The number of nitrogens with two attached hydrogens (primary N) is 1. The number of H-pyrrole nitrogens is 1. The molecule has 26 heavy (non-hydrogen) atoms. The Bertz CT molecular complexity index is 885. The van der Waals surface area contributed by atoms with Crippen molar-refractivity contribution in [2.75, 3.05) is 12.4 Å². The maximum absolute atomic E-state index is 6.09. The van der Waals surface area contributed by atoms with Gasteiger partial charge in [-0.3, -0.25) is 5.10 Å². The Labute approximate surface area is 173 Å². The number of aromatic amines is 1. The first-order valence-corrected chi connectivity index (χ1v) is 7.88. The average Bonchev–Trinajstić information content (AvgIpc) is 3.15. The molecule has 0 amide bonds. The molecule has 0 fully saturated rings. The number of nitrogens with zero attached hydrogens (tertiary/aromatic N) is 3. The molecule has 0 atom stereocenters. The zero-order chi connectivity index (χ0) is 17.6. The molecule has 0 saturated heterocycles. The van der Waals surface area contributed by atoms with E-state index in [0.29, 0.717) is 29.1 Å². The molecule has 3 aromatic rings. The number of benzene rings is 2. The fraction of sp³-hybridized carbons (Fsp3) is 0.118. The van der Waals surface area contributed by atoms with E-state index >= 15 is 0 Å². The van der Waals surface area contributed by atoms with E-state index in [-0.39, 0.29) is 24.0 Å². The summed E-state index contributed by atoms with van der Waals surface area (Å²) in [6.45, 7) is 0.435. The number of halogens is 2. The van der Waals surface area contributed by atoms with Gasteiger partial charge in [0.25, 0.3) is 0 Å². The first-order chi connectivity index (χ1) is 12.2. The predicted molar refractivity (Wildman–Crippen MR) is 114 cm³/mol. The van der Waals surface area contributed by atoms with Crippen LogP contribution in [-0.4, -0.2) is 28.3 Å². The minimum atomic E-state index is 0. The van der Waals surface area contributed by atoms with E-state index in [2.05, 4.69) is 25.5 Å². The van der Waals surface area contributed by atoms with Gasteiger partial charge in [-0.25, -0.2) is 9.98 Å². The number of aliphatic imine (C=N–C) groups is 1. The summed E-state index contributed by atoms with van der Waals surface area (Å²) in [7, 11) is 1.57. The summed E-state index contributed by atoms with van der Waals surface area (Å²) in [6, 6.07) is 13.2. The SMILES string of the molecule is COc1ccc(NC(N)=NCc2cccc(-c3ncn[nH]3)c2)cc1Cl.I. The van der Waals surface area contributed by atoms with Gasteiger partial charge in [0.15, 0.2) is 11.8 Å². The number of ether oxygens (including phenoxy) is 1. The lowest BCUT2D eigenvalue weighted by atomic mass is 10.1. The molecule has 3 rings (SSSR count). The molecular formula is C17H18ClIN6O. The molecule has 0 unspecified atom stereocenters. The van der Waals surface area contributed by atoms with Crippen LogP contribution in [0.25, 0.3) is 11.4 Å². The van der Waals surface area contributed by atoms with Crippen molar-refractivity contribution >= 4 is 47.2 Å². The molecule has 9 heteroatoms. The van der Waals surface area contributed by atoms with Gasteiger partial charge in [-0.1, -0.05) is 29.8 Å². The van der Waals surface area contributed by atoms with Crippen molar-refractivity contribution in [3.05, 3.63) is 59.4 Å². The van der Waals surface area contributed by atoms with Crippen LogP contribution in [0.2, 0.25) is 5.02 Å². The molecule has 4 N–H and O–H groups in total. The Morgan fingerprint density at radius 1 is 1.31 bits per heavy atom. The first kappa shape index (κ1) is 20.0. The van der Waals surface area contributed by atoms with Crippen LogP contribution in [0.3, 0.4) is 0 Å². The van der Waals surface area contributed by atoms with Gasteiger partial charge < -0.3 is 15.8 Å². The van der Waals surface area contributed by atoms with Crippen LogP contribution < -0.4 is 15.8 Å². The smallest absolute Gasteiger partial charge is 0.193 e. The van der Waals surface area contributed by atoms with Crippen LogP contribution in [-0.2, 0) is 6.54 Å². The Hall–Kier alpha value is -2.33. The number of guanidine groups is 1. The molecule has 0 bridgehead atoms. The van der Waals surface area contributed by atoms with Crippen molar-refractivity contribution in [3.8, 4) is 17.1 Å². The van der Waals surface area contributed by atoms with Crippen molar-refractivity contribution in [1.82, 2.24) is 15.2 Å². The van der Waals surface area contributed by atoms with Gasteiger partial charge in [0.1, 0.15) is 12.1 Å². The van der Waals surface area contributed by atoms with Crippen LogP contribution >= 0.6 is 35.6 Å². The molecule has 0 aliphatic rings. The summed E-state index contributed by atoms with van der Waals surface area (Å²) in [5, 5.41) is 10.2. The molecule has 0 radical (unpaired) electrons. The van der Waals surface area contributed by atoms with E-state index in [9.17, 15) is 0 Å². The van der Waals surface area contributed by atoms with Gasteiger partial charge in [0.2, 0.25) is 0 Å². The van der Waals surface area contributed by atoms with Gasteiger partial charge in [-0.2, -0.15) is 5.10 Å². The maximum Gasteiger partial charge on any atom is 0.193 e. The normalized spacial score (nSPS) is 10.9. The fourth-order valence-corrected chi connectivity index (χ4v) is 2.53. The summed E-state index contributed by atoms with van der Waals surface area (Å²) in [5.74, 6) is 1.61. The minimum absolute atomic E-state index is 0. The number of anilines is 1. The molecule has 1 heterocycles. The molecule has 1 aromatic heterocycles. The van der Waals surface area contributed by atoms with E-state index in [0.717, 1.165) is 16.8 Å². The molecule has 0 aliphatic carbocycles. The van der Waals surface area contributed by atoms with Crippen LogP contribution in [0.5, 0.6) is 5.75 Å². The van der Waals surface area contributed by atoms with Gasteiger partial charge >= 0.3 is 0 Å². The van der Waals surface area contributed by atoms with Gasteiger partial charge in [0, 0.05) is 11.3 Å². The third kappa shape index (κ3) is 5.09. The van der Waals surface area contributed by atoms with Crippen LogP contribution in [0.15, 0.2) is 53.8 Å². The second-order valence-corrected chi connectivity index (χ2v) is 5.62. The van der Waals surface area contributed by atoms with Crippen LogP contribution in [0, 0.1) is 0 Å². The van der Waals surface area contributed by atoms with Crippen LogP contribution in [0.1, 0.15) is 5.56 Å². The van der Waals surface area contributed by atoms with Crippen molar-refractivity contribution in [3.63, 3.8) is 0 Å². The third-order valence-electron chi connectivity index (χ3n) is 3.47. The van der Waals surface area contributed by atoms with Crippen LogP contribution in [0.4, 0.5) is 5.69 Å². The van der Waals surface area contributed by atoms with Gasteiger partial charge in [-0.05, 0) is 29.8 Å². The highest BCUT2D eigenvalue weighted by atomic mass is 127. The largest absolute Gasteiger partial charge is 0.495 e. The van der Waals surface area contributed by atoms with Crippen molar-refractivity contribution in [1.29, 1.82) is 0 Å². The molecule has 2 aromatic carbocycles. The lowest BCUT2D eigenvalue weighted by Crippen LogP contribution is -2.22. The van der Waals surface area contributed by atoms with Crippen molar-refractivity contribution in [2.24, 2.45) is 10.7 Å². The lowest BCUT2D eigenvalue weighted by Gasteiger charge is -2.08. The number of rotatable bonds is 5. The summed E-state index contributed by atoms with van der Waals surface area (Å²) in [5.41, 5.74) is 8.63. The zero-order valence-electron chi connectivity index (χ0n) is 13.9. The Balaban J connectivity index is 0.00000243.